The summed E-state index contributed by atoms with van der Waals surface area (Å²) in [5.41, 5.74) is 2.11. The van der Waals surface area contributed by atoms with Gasteiger partial charge >= 0.3 is 0 Å². The Morgan fingerprint density at radius 3 is 2.82 bits per heavy atom. The molecular weight excluding hydrogens is 352 g/mol. The number of piperidine rings is 1. The second kappa shape index (κ2) is 8.19. The van der Waals surface area contributed by atoms with E-state index < -0.39 is 0 Å². The van der Waals surface area contributed by atoms with Gasteiger partial charge in [-0.2, -0.15) is 0 Å². The summed E-state index contributed by atoms with van der Waals surface area (Å²) in [6, 6.07) is 7.88. The molecule has 2 aliphatic rings. The predicted molar refractivity (Wildman–Crippen MR) is 110 cm³/mol. The number of nitrogens with zero attached hydrogens (tertiary/aromatic N) is 2. The summed E-state index contributed by atoms with van der Waals surface area (Å²) in [5, 5.41) is 4.31. The van der Waals surface area contributed by atoms with Gasteiger partial charge in [0.1, 0.15) is 6.04 Å². The zero-order chi connectivity index (χ0) is 19.5. The lowest BCUT2D eigenvalue weighted by Crippen LogP contribution is -2.50. The highest BCUT2D eigenvalue weighted by molar-refractivity contribution is 5.91. The van der Waals surface area contributed by atoms with Gasteiger partial charge in [0, 0.05) is 55.7 Å². The summed E-state index contributed by atoms with van der Waals surface area (Å²) in [6.45, 7) is 7.10. The van der Waals surface area contributed by atoms with Gasteiger partial charge in [0.2, 0.25) is 11.8 Å². The van der Waals surface area contributed by atoms with Crippen molar-refractivity contribution in [3.05, 3.63) is 48.7 Å². The number of hydrogen-bond acceptors (Lipinski definition) is 3. The Labute approximate surface area is 165 Å². The quantitative estimate of drug-likeness (QED) is 0.757. The normalized spacial score (nSPS) is 21.4. The summed E-state index contributed by atoms with van der Waals surface area (Å²) in [5.74, 6) is 0.0547. The van der Waals surface area contributed by atoms with Crippen molar-refractivity contribution in [1.29, 1.82) is 0 Å². The predicted octanol–water partition coefficient (Wildman–Crippen LogP) is 2.43. The Morgan fingerprint density at radius 1 is 1.25 bits per heavy atom. The van der Waals surface area contributed by atoms with Crippen LogP contribution in [-0.2, 0) is 16.1 Å². The summed E-state index contributed by atoms with van der Waals surface area (Å²) in [4.78, 5) is 32.7. The standard InChI is InChI=1S/C22H28N4O2/c1-2-11-25-12-9-17(10-13-25)24-22(28)20-7-8-21(27)26(20)15-16-14-23-19-6-4-3-5-18(16)19/h2-6,14,17,20,23H,1,7-13,15H2,(H,24,28). The van der Waals surface area contributed by atoms with E-state index in [1.54, 1.807) is 4.90 Å². The van der Waals surface area contributed by atoms with Crippen molar-refractivity contribution in [2.24, 2.45) is 0 Å². The molecule has 0 spiro atoms. The number of amides is 2. The smallest absolute Gasteiger partial charge is 0.243 e. The van der Waals surface area contributed by atoms with Crippen LogP contribution in [0.3, 0.4) is 0 Å². The SMILES string of the molecule is C=CCN1CCC(NC(=O)C2CCC(=O)N2Cc2c[nH]c3ccccc23)CC1. The molecule has 0 bridgehead atoms. The lowest BCUT2D eigenvalue weighted by Gasteiger charge is -2.33. The number of aromatic amines is 1. The van der Waals surface area contributed by atoms with E-state index in [9.17, 15) is 9.59 Å². The number of nitrogens with one attached hydrogen (secondary N) is 2. The molecule has 0 aliphatic carbocycles. The third-order valence-electron chi connectivity index (χ3n) is 5.97. The largest absolute Gasteiger partial charge is 0.361 e. The fraction of sp³-hybridized carbons (Fsp3) is 0.455. The maximum absolute atomic E-state index is 12.9. The van der Waals surface area contributed by atoms with Crippen molar-refractivity contribution in [3.63, 3.8) is 0 Å². The number of benzene rings is 1. The zero-order valence-electron chi connectivity index (χ0n) is 16.2. The van der Waals surface area contributed by atoms with Gasteiger partial charge in [0.15, 0.2) is 0 Å². The van der Waals surface area contributed by atoms with Gasteiger partial charge in [-0.1, -0.05) is 24.3 Å². The number of carbonyl (C=O) groups is 2. The van der Waals surface area contributed by atoms with E-state index in [0.29, 0.717) is 19.4 Å². The van der Waals surface area contributed by atoms with E-state index >= 15 is 0 Å². The van der Waals surface area contributed by atoms with Crippen LogP contribution in [-0.4, -0.2) is 58.3 Å². The van der Waals surface area contributed by atoms with E-state index in [-0.39, 0.29) is 23.9 Å². The molecule has 1 aromatic carbocycles. The van der Waals surface area contributed by atoms with E-state index in [1.165, 1.54) is 0 Å². The number of rotatable bonds is 6. The minimum absolute atomic E-state index is 0.00661. The van der Waals surface area contributed by atoms with E-state index in [4.69, 9.17) is 0 Å². The molecule has 148 valence electrons. The summed E-state index contributed by atoms with van der Waals surface area (Å²) in [7, 11) is 0. The molecule has 3 heterocycles. The van der Waals surface area contributed by atoms with Crippen LogP contribution in [0.5, 0.6) is 0 Å². The van der Waals surface area contributed by atoms with E-state index in [0.717, 1.165) is 48.9 Å². The van der Waals surface area contributed by atoms with Crippen LogP contribution in [0.2, 0.25) is 0 Å². The summed E-state index contributed by atoms with van der Waals surface area (Å²) in [6.07, 6.45) is 6.80. The molecule has 6 nitrogen and oxygen atoms in total. The highest BCUT2D eigenvalue weighted by Crippen LogP contribution is 2.26. The van der Waals surface area contributed by atoms with Gasteiger partial charge in [-0.25, -0.2) is 0 Å². The van der Waals surface area contributed by atoms with Gasteiger partial charge in [-0.15, -0.1) is 6.58 Å². The maximum Gasteiger partial charge on any atom is 0.243 e. The van der Waals surface area contributed by atoms with Crippen LogP contribution >= 0.6 is 0 Å². The molecule has 1 unspecified atom stereocenters. The average molecular weight is 380 g/mol. The van der Waals surface area contributed by atoms with E-state index in [2.05, 4.69) is 21.8 Å². The van der Waals surface area contributed by atoms with Gasteiger partial charge in [-0.05, 0) is 30.9 Å². The number of aromatic nitrogens is 1. The molecule has 2 aliphatic heterocycles. The monoisotopic (exact) mass is 380 g/mol. The summed E-state index contributed by atoms with van der Waals surface area (Å²) >= 11 is 0. The molecule has 1 atom stereocenters. The van der Waals surface area contributed by atoms with Crippen LogP contribution in [0, 0.1) is 0 Å². The van der Waals surface area contributed by atoms with Crippen LogP contribution in [0.1, 0.15) is 31.2 Å². The van der Waals surface area contributed by atoms with Crippen molar-refractivity contribution < 1.29 is 9.59 Å². The van der Waals surface area contributed by atoms with Crippen LogP contribution in [0.15, 0.2) is 43.1 Å². The molecule has 28 heavy (non-hydrogen) atoms. The highest BCUT2D eigenvalue weighted by atomic mass is 16.2. The van der Waals surface area contributed by atoms with Crippen LogP contribution in [0.25, 0.3) is 10.9 Å². The van der Waals surface area contributed by atoms with Crippen molar-refractivity contribution in [2.45, 2.75) is 44.3 Å². The maximum atomic E-state index is 12.9. The molecule has 0 radical (unpaired) electrons. The third-order valence-corrected chi connectivity index (χ3v) is 5.97. The van der Waals surface area contributed by atoms with Crippen molar-refractivity contribution >= 4 is 22.7 Å². The van der Waals surface area contributed by atoms with Gasteiger partial charge in [0.25, 0.3) is 0 Å². The molecule has 2 amide bonds. The van der Waals surface area contributed by atoms with Gasteiger partial charge in [-0.3, -0.25) is 14.5 Å². The van der Waals surface area contributed by atoms with E-state index in [1.807, 2.05) is 36.5 Å². The molecule has 4 rings (SSSR count). The fourth-order valence-corrected chi connectivity index (χ4v) is 4.39. The minimum Gasteiger partial charge on any atom is -0.361 e. The van der Waals surface area contributed by atoms with Crippen molar-refractivity contribution in [3.8, 4) is 0 Å². The number of carbonyl (C=O) groups excluding carboxylic acids is 2. The lowest BCUT2D eigenvalue weighted by molar-refractivity contribution is -0.136. The highest BCUT2D eigenvalue weighted by Gasteiger charge is 2.37. The Morgan fingerprint density at radius 2 is 2.04 bits per heavy atom. The molecule has 6 heteroatoms. The molecule has 2 saturated heterocycles. The first-order valence-corrected chi connectivity index (χ1v) is 10.1. The van der Waals surface area contributed by atoms with Gasteiger partial charge in [0.05, 0.1) is 0 Å². The molecular formula is C22H28N4O2. The average Bonchev–Trinajstić information content (AvgIpc) is 3.28. The van der Waals surface area contributed by atoms with Gasteiger partial charge < -0.3 is 15.2 Å². The Balaban J connectivity index is 1.40. The second-order valence-corrected chi connectivity index (χ2v) is 7.81. The molecule has 2 fully saturated rings. The number of hydrogen-bond donors (Lipinski definition) is 2. The zero-order valence-corrected chi connectivity index (χ0v) is 16.2. The first kappa shape index (κ1) is 18.7. The Kier molecular flexibility index (Phi) is 5.48. The van der Waals surface area contributed by atoms with Crippen LogP contribution < -0.4 is 5.32 Å². The first-order valence-electron chi connectivity index (χ1n) is 10.1. The van der Waals surface area contributed by atoms with Crippen LogP contribution in [0.4, 0.5) is 0 Å². The topological polar surface area (TPSA) is 68.4 Å². The molecule has 2 aromatic rings. The fourth-order valence-electron chi connectivity index (χ4n) is 4.39. The molecule has 0 saturated carbocycles. The Hall–Kier alpha value is -2.60. The summed E-state index contributed by atoms with van der Waals surface area (Å²) < 4.78 is 0. The minimum atomic E-state index is -0.368. The lowest BCUT2D eigenvalue weighted by atomic mass is 10.0. The molecule has 1 aromatic heterocycles. The number of likely N-dealkylation sites (tertiary alicyclic amines) is 2. The number of H-pyrrole nitrogens is 1. The molecule has 2 N–H and O–H groups in total. The van der Waals surface area contributed by atoms with Crippen molar-refractivity contribution in [1.82, 2.24) is 20.1 Å². The van der Waals surface area contributed by atoms with Crippen molar-refractivity contribution in [2.75, 3.05) is 19.6 Å². The number of fused-ring (bicyclic) bond motifs is 1. The first-order chi connectivity index (χ1) is 13.7. The second-order valence-electron chi connectivity index (χ2n) is 7.81. The third kappa shape index (κ3) is 3.83. The number of para-hydroxylation sites is 1. The Bertz CT molecular complexity index is 866.